The van der Waals surface area contributed by atoms with Gasteiger partial charge in [0.05, 0.1) is 6.07 Å². The Kier molecular flexibility index (Phi) is 3.33. The first-order valence-corrected chi connectivity index (χ1v) is 4.84. The van der Waals surface area contributed by atoms with Gasteiger partial charge in [0, 0.05) is 10.6 Å². The third-order valence-corrected chi connectivity index (χ3v) is 2.88. The van der Waals surface area contributed by atoms with Gasteiger partial charge in [-0.05, 0) is 33.2 Å². The molecule has 1 rings (SSSR count). The van der Waals surface area contributed by atoms with E-state index >= 15 is 0 Å². The molecule has 1 aromatic rings. The molecule has 0 bridgehead atoms. The summed E-state index contributed by atoms with van der Waals surface area (Å²) in [6, 6.07) is 6.49. The standard InChI is InChI=1S/C11H12ClFN2/c1-11(7-14,15(2)3)10-8(12)5-4-6-9(10)13/h4-6H,1-3H3. The van der Waals surface area contributed by atoms with Gasteiger partial charge in [-0.3, -0.25) is 4.90 Å². The zero-order chi connectivity index (χ0) is 11.6. The SMILES string of the molecule is CN(C)C(C)(C#N)c1c(F)cccc1Cl. The summed E-state index contributed by atoms with van der Waals surface area (Å²) in [5, 5.41) is 9.41. The van der Waals surface area contributed by atoms with E-state index in [4.69, 9.17) is 16.9 Å². The number of nitrogens with zero attached hydrogens (tertiary/aromatic N) is 2. The Morgan fingerprint density at radius 3 is 2.47 bits per heavy atom. The van der Waals surface area contributed by atoms with Gasteiger partial charge in [0.15, 0.2) is 0 Å². The van der Waals surface area contributed by atoms with E-state index in [0.717, 1.165) is 0 Å². The second-order valence-electron chi connectivity index (χ2n) is 3.68. The largest absolute Gasteiger partial charge is 0.288 e. The van der Waals surface area contributed by atoms with Crippen molar-refractivity contribution in [3.05, 3.63) is 34.6 Å². The minimum atomic E-state index is -1.05. The van der Waals surface area contributed by atoms with Crippen LogP contribution in [0.5, 0.6) is 0 Å². The van der Waals surface area contributed by atoms with Crippen molar-refractivity contribution in [1.82, 2.24) is 4.90 Å². The van der Waals surface area contributed by atoms with Crippen LogP contribution in [0.2, 0.25) is 5.02 Å². The number of halogens is 2. The molecular weight excluding hydrogens is 215 g/mol. The van der Waals surface area contributed by atoms with Gasteiger partial charge in [-0.15, -0.1) is 0 Å². The second-order valence-corrected chi connectivity index (χ2v) is 4.08. The first-order chi connectivity index (χ1) is 6.93. The van der Waals surface area contributed by atoms with Crippen LogP contribution < -0.4 is 0 Å². The molecule has 0 aliphatic rings. The van der Waals surface area contributed by atoms with Gasteiger partial charge >= 0.3 is 0 Å². The van der Waals surface area contributed by atoms with E-state index in [-0.39, 0.29) is 10.6 Å². The quantitative estimate of drug-likeness (QED) is 0.776. The lowest BCUT2D eigenvalue weighted by molar-refractivity contribution is 0.234. The van der Waals surface area contributed by atoms with Gasteiger partial charge in [0.1, 0.15) is 11.4 Å². The van der Waals surface area contributed by atoms with E-state index in [2.05, 4.69) is 6.07 Å². The van der Waals surface area contributed by atoms with E-state index in [9.17, 15) is 4.39 Å². The molecule has 80 valence electrons. The minimum Gasteiger partial charge on any atom is -0.288 e. The minimum absolute atomic E-state index is 0.221. The van der Waals surface area contributed by atoms with Crippen molar-refractivity contribution < 1.29 is 4.39 Å². The third-order valence-electron chi connectivity index (χ3n) is 2.56. The maximum atomic E-state index is 13.6. The van der Waals surface area contributed by atoms with Gasteiger partial charge in [-0.1, -0.05) is 17.7 Å². The van der Waals surface area contributed by atoms with Crippen LogP contribution >= 0.6 is 11.6 Å². The van der Waals surface area contributed by atoms with Crippen molar-refractivity contribution in [3.8, 4) is 6.07 Å². The molecule has 0 aromatic heterocycles. The van der Waals surface area contributed by atoms with Crippen molar-refractivity contribution in [3.63, 3.8) is 0 Å². The molecule has 1 aromatic carbocycles. The molecule has 0 amide bonds. The summed E-state index contributed by atoms with van der Waals surface area (Å²) in [6.07, 6.45) is 0. The molecule has 0 spiro atoms. The van der Waals surface area contributed by atoms with E-state index in [1.165, 1.54) is 12.1 Å². The average Bonchev–Trinajstić information content (AvgIpc) is 2.16. The molecule has 2 nitrogen and oxygen atoms in total. The van der Waals surface area contributed by atoms with Crippen LogP contribution in [0.15, 0.2) is 18.2 Å². The zero-order valence-corrected chi connectivity index (χ0v) is 9.64. The van der Waals surface area contributed by atoms with Crippen LogP contribution in [0.1, 0.15) is 12.5 Å². The molecule has 0 heterocycles. The number of rotatable bonds is 2. The Hall–Kier alpha value is -1.11. The molecular formula is C11H12ClFN2. The fraction of sp³-hybridized carbons (Fsp3) is 0.364. The number of benzene rings is 1. The number of nitriles is 1. The van der Waals surface area contributed by atoms with Gasteiger partial charge in [-0.25, -0.2) is 4.39 Å². The van der Waals surface area contributed by atoms with E-state index in [1.54, 1.807) is 32.0 Å². The predicted molar refractivity (Wildman–Crippen MR) is 58.1 cm³/mol. The maximum absolute atomic E-state index is 13.6. The van der Waals surface area contributed by atoms with Crippen molar-refractivity contribution in [2.75, 3.05) is 14.1 Å². The summed E-state index contributed by atoms with van der Waals surface area (Å²) in [5.41, 5.74) is -0.832. The topological polar surface area (TPSA) is 27.0 Å². The molecule has 15 heavy (non-hydrogen) atoms. The predicted octanol–water partition coefficient (Wildman–Crippen LogP) is 2.78. The molecule has 0 saturated heterocycles. The van der Waals surface area contributed by atoms with Crippen molar-refractivity contribution in [2.24, 2.45) is 0 Å². The third kappa shape index (κ3) is 1.97. The Balaban J connectivity index is 3.44. The molecule has 4 heteroatoms. The van der Waals surface area contributed by atoms with Gasteiger partial charge in [0.25, 0.3) is 0 Å². The van der Waals surface area contributed by atoms with Gasteiger partial charge in [-0.2, -0.15) is 5.26 Å². The van der Waals surface area contributed by atoms with Crippen LogP contribution in [-0.2, 0) is 5.54 Å². The van der Waals surface area contributed by atoms with Crippen molar-refractivity contribution in [1.29, 1.82) is 5.26 Å². The molecule has 1 unspecified atom stereocenters. The van der Waals surface area contributed by atoms with Gasteiger partial charge < -0.3 is 0 Å². The van der Waals surface area contributed by atoms with Crippen molar-refractivity contribution >= 4 is 11.6 Å². The summed E-state index contributed by atoms with van der Waals surface area (Å²) < 4.78 is 13.6. The summed E-state index contributed by atoms with van der Waals surface area (Å²) in [7, 11) is 3.43. The summed E-state index contributed by atoms with van der Waals surface area (Å²) in [5.74, 6) is -0.458. The Morgan fingerprint density at radius 1 is 1.47 bits per heavy atom. The van der Waals surface area contributed by atoms with Crippen LogP contribution in [0, 0.1) is 17.1 Å². The first-order valence-electron chi connectivity index (χ1n) is 4.46. The highest BCUT2D eigenvalue weighted by Crippen LogP contribution is 2.33. The smallest absolute Gasteiger partial charge is 0.135 e. The van der Waals surface area contributed by atoms with E-state index in [1.807, 2.05) is 0 Å². The van der Waals surface area contributed by atoms with Gasteiger partial charge in [0.2, 0.25) is 0 Å². The van der Waals surface area contributed by atoms with Crippen LogP contribution in [0.25, 0.3) is 0 Å². The summed E-state index contributed by atoms with van der Waals surface area (Å²) >= 11 is 5.92. The van der Waals surface area contributed by atoms with Crippen LogP contribution in [-0.4, -0.2) is 19.0 Å². The highest BCUT2D eigenvalue weighted by Gasteiger charge is 2.34. The monoisotopic (exact) mass is 226 g/mol. The van der Waals surface area contributed by atoms with Crippen LogP contribution in [0.4, 0.5) is 4.39 Å². The van der Waals surface area contributed by atoms with E-state index in [0.29, 0.717) is 0 Å². The lowest BCUT2D eigenvalue weighted by atomic mass is 9.92. The van der Waals surface area contributed by atoms with Crippen LogP contribution in [0.3, 0.4) is 0 Å². The number of hydrogen-bond donors (Lipinski definition) is 0. The molecule has 0 saturated carbocycles. The first kappa shape index (κ1) is 12.0. The Labute approximate surface area is 93.9 Å². The highest BCUT2D eigenvalue weighted by molar-refractivity contribution is 6.31. The van der Waals surface area contributed by atoms with Crippen molar-refractivity contribution in [2.45, 2.75) is 12.5 Å². The molecule has 0 aliphatic heterocycles. The molecule has 0 fully saturated rings. The summed E-state index contributed by atoms with van der Waals surface area (Å²) in [6.45, 7) is 1.64. The fourth-order valence-corrected chi connectivity index (χ4v) is 1.69. The Morgan fingerprint density at radius 2 is 2.07 bits per heavy atom. The highest BCUT2D eigenvalue weighted by atomic mass is 35.5. The zero-order valence-electron chi connectivity index (χ0n) is 8.88. The normalized spacial score (nSPS) is 14.7. The molecule has 0 radical (unpaired) electrons. The fourth-order valence-electron chi connectivity index (χ4n) is 1.34. The molecule has 0 N–H and O–H groups in total. The summed E-state index contributed by atoms with van der Waals surface area (Å²) in [4.78, 5) is 1.64. The maximum Gasteiger partial charge on any atom is 0.135 e. The average molecular weight is 227 g/mol. The van der Waals surface area contributed by atoms with E-state index < -0.39 is 11.4 Å². The lowest BCUT2D eigenvalue weighted by Crippen LogP contribution is -2.38. The Bertz CT molecular complexity index is 391. The lowest BCUT2D eigenvalue weighted by Gasteiger charge is -2.30. The molecule has 1 atom stereocenters. The molecule has 0 aliphatic carbocycles. The second kappa shape index (κ2) is 4.18. The number of hydrogen-bond acceptors (Lipinski definition) is 2.